The summed E-state index contributed by atoms with van der Waals surface area (Å²) >= 11 is 0. The number of hydrazone groups is 1. The van der Waals surface area contributed by atoms with E-state index in [-0.39, 0.29) is 16.9 Å². The quantitative estimate of drug-likeness (QED) is 0.348. The summed E-state index contributed by atoms with van der Waals surface area (Å²) in [7, 11) is 0. The third kappa shape index (κ3) is 4.36. The zero-order valence-corrected chi connectivity index (χ0v) is 16.3. The molecule has 0 radical (unpaired) electrons. The molecule has 1 aliphatic heterocycles. The number of aliphatic imine (C=N–C) groups is 1. The van der Waals surface area contributed by atoms with Crippen LogP contribution in [0, 0.1) is 5.82 Å². The van der Waals surface area contributed by atoms with Crippen LogP contribution in [-0.2, 0) is 0 Å². The van der Waals surface area contributed by atoms with Crippen LogP contribution in [0.15, 0.2) is 57.5 Å². The van der Waals surface area contributed by atoms with Gasteiger partial charge in [0.05, 0.1) is 23.7 Å². The molecule has 154 valence electrons. The first kappa shape index (κ1) is 19.7. The van der Waals surface area contributed by atoms with Gasteiger partial charge in [-0.3, -0.25) is 9.79 Å². The highest BCUT2D eigenvalue weighted by atomic mass is 19.1. The number of nitrogens with two attached hydrogens (primary N) is 1. The summed E-state index contributed by atoms with van der Waals surface area (Å²) in [5.74, 6) is 4.99. The maximum atomic E-state index is 13.5. The van der Waals surface area contributed by atoms with Gasteiger partial charge < -0.3 is 21.0 Å². The van der Waals surface area contributed by atoms with Crippen LogP contribution < -0.4 is 21.6 Å². The van der Waals surface area contributed by atoms with Crippen molar-refractivity contribution in [2.75, 3.05) is 31.1 Å². The van der Waals surface area contributed by atoms with Gasteiger partial charge in [0.15, 0.2) is 0 Å². The number of rotatable bonds is 4. The van der Waals surface area contributed by atoms with E-state index in [4.69, 9.17) is 5.84 Å². The molecule has 0 saturated carbocycles. The summed E-state index contributed by atoms with van der Waals surface area (Å²) in [6.07, 6.45) is 3.58. The molecular formula is C21H22FN7O. The molecule has 0 aliphatic carbocycles. The van der Waals surface area contributed by atoms with Crippen LogP contribution in [0.4, 0.5) is 15.8 Å². The van der Waals surface area contributed by atoms with Crippen LogP contribution in [-0.4, -0.2) is 48.1 Å². The van der Waals surface area contributed by atoms with Gasteiger partial charge >= 0.3 is 0 Å². The minimum absolute atomic E-state index is 0.185. The van der Waals surface area contributed by atoms with E-state index in [0.717, 1.165) is 44.5 Å². The molecule has 3 aromatic rings. The molecule has 1 saturated heterocycles. The predicted octanol–water partition coefficient (Wildman–Crippen LogP) is 1.93. The van der Waals surface area contributed by atoms with E-state index in [1.165, 1.54) is 18.3 Å². The van der Waals surface area contributed by atoms with Crippen LogP contribution in [0.1, 0.15) is 12.0 Å². The fourth-order valence-corrected chi connectivity index (χ4v) is 3.42. The van der Waals surface area contributed by atoms with Crippen LogP contribution in [0.2, 0.25) is 0 Å². The van der Waals surface area contributed by atoms with Crippen molar-refractivity contribution in [3.8, 4) is 0 Å². The Bertz CT molecular complexity index is 1150. The maximum Gasteiger partial charge on any atom is 0.259 e. The van der Waals surface area contributed by atoms with Crippen LogP contribution in [0.3, 0.4) is 0 Å². The number of hydrogen-bond acceptors (Lipinski definition) is 7. The molecule has 0 amide bonds. The zero-order chi connectivity index (χ0) is 20.9. The Labute approximate surface area is 172 Å². The first-order valence-corrected chi connectivity index (χ1v) is 9.71. The number of H-pyrrole nitrogens is 1. The minimum Gasteiger partial charge on any atom is -0.370 e. The average Bonchev–Trinajstić information content (AvgIpc) is 3.05. The van der Waals surface area contributed by atoms with Gasteiger partial charge in [0.1, 0.15) is 17.2 Å². The van der Waals surface area contributed by atoms with Gasteiger partial charge in [0.2, 0.25) is 0 Å². The summed E-state index contributed by atoms with van der Waals surface area (Å²) in [6.45, 7) is 3.99. The molecule has 1 aromatic carbocycles. The normalized spacial score (nSPS) is 15.6. The van der Waals surface area contributed by atoms with Crippen LogP contribution in [0.5, 0.6) is 0 Å². The molecule has 3 heterocycles. The number of nitrogens with one attached hydrogen (secondary N) is 2. The number of fused-ring (bicyclic) bond motifs is 1. The lowest BCUT2D eigenvalue weighted by Crippen LogP contribution is -2.27. The molecule has 30 heavy (non-hydrogen) atoms. The zero-order valence-electron chi connectivity index (χ0n) is 16.3. The molecule has 1 aliphatic rings. The first-order valence-electron chi connectivity index (χ1n) is 9.71. The fraction of sp³-hybridized carbons (Fsp3) is 0.238. The van der Waals surface area contributed by atoms with Gasteiger partial charge in [0.25, 0.3) is 5.56 Å². The Morgan fingerprint density at radius 2 is 2.03 bits per heavy atom. The predicted molar refractivity (Wildman–Crippen MR) is 117 cm³/mol. The van der Waals surface area contributed by atoms with Gasteiger partial charge in [-0.1, -0.05) is 0 Å². The van der Waals surface area contributed by atoms with E-state index in [0.29, 0.717) is 11.1 Å². The molecule has 0 unspecified atom stereocenters. The summed E-state index contributed by atoms with van der Waals surface area (Å²) in [5.41, 5.74) is 2.09. The number of aromatic nitrogens is 2. The topological polar surface area (TPSA) is 112 Å². The van der Waals surface area contributed by atoms with Gasteiger partial charge in [-0.15, -0.1) is 0 Å². The maximum absolute atomic E-state index is 13.5. The smallest absolute Gasteiger partial charge is 0.259 e. The van der Waals surface area contributed by atoms with E-state index in [1.54, 1.807) is 0 Å². The van der Waals surface area contributed by atoms with Gasteiger partial charge in [-0.2, -0.15) is 5.10 Å². The van der Waals surface area contributed by atoms with E-state index in [1.807, 2.05) is 24.3 Å². The standard InChI is InChI=1S/C21H22FN7O/c22-15-10-14-11-18(21(30)27-20(14)26-12-15)19(28-23)13-25-16-2-4-17(5-3-16)29-8-1-6-24-7-9-29/h2-5,10-13,24H,1,6-9,23H2,(H,26,27,30). The lowest BCUT2D eigenvalue weighted by atomic mass is 10.1. The van der Waals surface area contributed by atoms with Crippen molar-refractivity contribution in [3.05, 3.63) is 64.3 Å². The average molecular weight is 407 g/mol. The Balaban J connectivity index is 1.56. The third-order valence-electron chi connectivity index (χ3n) is 4.97. The number of halogens is 1. The summed E-state index contributed by atoms with van der Waals surface area (Å²) in [6, 6.07) is 10.6. The SMILES string of the molecule is NN=C(C=Nc1ccc(N2CCCNCC2)cc1)c1cc2cc(F)cnc2[nH]c1=O. The van der Waals surface area contributed by atoms with Gasteiger partial charge in [-0.25, -0.2) is 9.37 Å². The number of aromatic amines is 1. The van der Waals surface area contributed by atoms with Crippen molar-refractivity contribution in [3.63, 3.8) is 0 Å². The summed E-state index contributed by atoms with van der Waals surface area (Å²) < 4.78 is 13.5. The molecule has 4 N–H and O–H groups in total. The van der Waals surface area contributed by atoms with Crippen molar-refractivity contribution in [1.29, 1.82) is 0 Å². The summed E-state index contributed by atoms with van der Waals surface area (Å²) in [4.78, 5) is 25.6. The molecule has 0 bridgehead atoms. The Morgan fingerprint density at radius 3 is 2.83 bits per heavy atom. The van der Waals surface area contributed by atoms with E-state index >= 15 is 0 Å². The second-order valence-electron chi connectivity index (χ2n) is 6.98. The number of anilines is 1. The van der Waals surface area contributed by atoms with Gasteiger partial charge in [-0.05, 0) is 49.4 Å². The van der Waals surface area contributed by atoms with E-state index < -0.39 is 11.4 Å². The summed E-state index contributed by atoms with van der Waals surface area (Å²) in [5, 5.41) is 7.51. The second kappa shape index (κ2) is 8.83. The van der Waals surface area contributed by atoms with Crippen LogP contribution in [0.25, 0.3) is 11.0 Å². The molecule has 0 spiro atoms. The van der Waals surface area contributed by atoms with Crippen molar-refractivity contribution in [1.82, 2.24) is 15.3 Å². The molecule has 0 atom stereocenters. The molecule has 4 rings (SSSR count). The lowest BCUT2D eigenvalue weighted by molar-refractivity contribution is 0.624. The Morgan fingerprint density at radius 1 is 1.20 bits per heavy atom. The van der Waals surface area contributed by atoms with Crippen molar-refractivity contribution in [2.24, 2.45) is 15.9 Å². The highest BCUT2D eigenvalue weighted by Gasteiger charge is 2.11. The minimum atomic E-state index is -0.499. The highest BCUT2D eigenvalue weighted by molar-refractivity contribution is 6.38. The van der Waals surface area contributed by atoms with Crippen molar-refractivity contribution < 1.29 is 4.39 Å². The van der Waals surface area contributed by atoms with Gasteiger partial charge in [0, 0.05) is 30.7 Å². The number of pyridine rings is 2. The fourth-order valence-electron chi connectivity index (χ4n) is 3.42. The van der Waals surface area contributed by atoms with Crippen molar-refractivity contribution in [2.45, 2.75) is 6.42 Å². The largest absolute Gasteiger partial charge is 0.370 e. The van der Waals surface area contributed by atoms with E-state index in [9.17, 15) is 9.18 Å². The first-order chi connectivity index (χ1) is 14.6. The second-order valence-corrected chi connectivity index (χ2v) is 6.98. The Hall–Kier alpha value is -3.59. The van der Waals surface area contributed by atoms with Crippen LogP contribution >= 0.6 is 0 Å². The highest BCUT2D eigenvalue weighted by Crippen LogP contribution is 2.20. The molecule has 8 nitrogen and oxygen atoms in total. The number of hydrogen-bond donors (Lipinski definition) is 3. The monoisotopic (exact) mass is 407 g/mol. The molecular weight excluding hydrogens is 385 g/mol. The molecule has 2 aromatic heterocycles. The Kier molecular flexibility index (Phi) is 5.80. The third-order valence-corrected chi connectivity index (χ3v) is 4.97. The van der Waals surface area contributed by atoms with E-state index in [2.05, 4.69) is 30.3 Å². The van der Waals surface area contributed by atoms with Crippen molar-refractivity contribution >= 4 is 34.3 Å². The number of nitrogens with zero attached hydrogens (tertiary/aromatic N) is 4. The lowest BCUT2D eigenvalue weighted by Gasteiger charge is -2.22. The molecule has 1 fully saturated rings. The molecule has 9 heteroatoms. The number of benzene rings is 1.